The topological polar surface area (TPSA) is 95.7 Å². The summed E-state index contributed by atoms with van der Waals surface area (Å²) in [4.78, 5) is 33.5. The molecular formula is C18H15NO6. The van der Waals surface area contributed by atoms with Crippen LogP contribution in [0.3, 0.4) is 0 Å². The largest absolute Gasteiger partial charge is 0.493 e. The standard InChI is InChI=1S/C18H15NO6/c1-3-4-14-9-12(11-20)10-16(24-2)17(14)25-18(21)13-5-7-15(8-6-13)19(22)23/h3,5-11H,1,4H2,2H3. The van der Waals surface area contributed by atoms with Crippen LogP contribution in [-0.4, -0.2) is 24.3 Å². The third-order valence-corrected chi connectivity index (χ3v) is 3.38. The molecule has 7 heteroatoms. The van der Waals surface area contributed by atoms with Crippen LogP contribution in [0.5, 0.6) is 11.5 Å². The van der Waals surface area contributed by atoms with Gasteiger partial charge < -0.3 is 9.47 Å². The molecule has 2 aromatic carbocycles. The maximum atomic E-state index is 12.3. The van der Waals surface area contributed by atoms with Crippen LogP contribution < -0.4 is 9.47 Å². The summed E-state index contributed by atoms with van der Waals surface area (Å²) < 4.78 is 10.6. The fourth-order valence-electron chi connectivity index (χ4n) is 2.20. The highest BCUT2D eigenvalue weighted by Crippen LogP contribution is 2.34. The predicted octanol–water partition coefficient (Wildman–Crippen LogP) is 3.36. The van der Waals surface area contributed by atoms with Crippen LogP contribution in [-0.2, 0) is 6.42 Å². The Morgan fingerprint density at radius 2 is 1.96 bits per heavy atom. The molecule has 0 saturated heterocycles. The molecule has 0 aromatic heterocycles. The van der Waals surface area contributed by atoms with Crippen LogP contribution in [0.15, 0.2) is 49.1 Å². The number of allylic oxidation sites excluding steroid dienone is 1. The van der Waals surface area contributed by atoms with Crippen molar-refractivity contribution in [3.8, 4) is 11.5 Å². The fourth-order valence-corrected chi connectivity index (χ4v) is 2.20. The zero-order valence-corrected chi connectivity index (χ0v) is 13.4. The van der Waals surface area contributed by atoms with Gasteiger partial charge in [-0.1, -0.05) is 6.08 Å². The van der Waals surface area contributed by atoms with Gasteiger partial charge in [0.2, 0.25) is 0 Å². The second-order valence-corrected chi connectivity index (χ2v) is 5.02. The fraction of sp³-hybridized carbons (Fsp3) is 0.111. The summed E-state index contributed by atoms with van der Waals surface area (Å²) in [5.41, 5.74) is 0.962. The van der Waals surface area contributed by atoms with E-state index in [2.05, 4.69) is 6.58 Å². The number of aldehydes is 1. The number of nitrogens with zero attached hydrogens (tertiary/aromatic N) is 1. The molecule has 0 saturated carbocycles. The monoisotopic (exact) mass is 341 g/mol. The number of hydrogen-bond donors (Lipinski definition) is 0. The minimum Gasteiger partial charge on any atom is -0.493 e. The molecule has 2 rings (SSSR count). The van der Waals surface area contributed by atoms with Crippen LogP contribution in [0.25, 0.3) is 0 Å². The van der Waals surface area contributed by atoms with E-state index >= 15 is 0 Å². The maximum absolute atomic E-state index is 12.3. The van der Waals surface area contributed by atoms with Gasteiger partial charge in [0.1, 0.15) is 6.29 Å². The summed E-state index contributed by atoms with van der Waals surface area (Å²) in [6.07, 6.45) is 2.63. The molecule has 0 spiro atoms. The molecule has 0 bridgehead atoms. The van der Waals surface area contributed by atoms with E-state index < -0.39 is 10.9 Å². The van der Waals surface area contributed by atoms with Crippen molar-refractivity contribution >= 4 is 17.9 Å². The van der Waals surface area contributed by atoms with E-state index in [0.29, 0.717) is 23.8 Å². The van der Waals surface area contributed by atoms with Gasteiger partial charge in [-0.15, -0.1) is 6.58 Å². The number of carbonyl (C=O) groups excluding carboxylic acids is 2. The van der Waals surface area contributed by atoms with Gasteiger partial charge in [-0.25, -0.2) is 4.79 Å². The average Bonchev–Trinajstić information content (AvgIpc) is 2.62. The molecule has 0 aliphatic rings. The molecule has 0 N–H and O–H groups in total. The molecular weight excluding hydrogens is 326 g/mol. The van der Waals surface area contributed by atoms with E-state index in [-0.39, 0.29) is 22.7 Å². The zero-order valence-electron chi connectivity index (χ0n) is 13.4. The van der Waals surface area contributed by atoms with Crippen molar-refractivity contribution in [3.63, 3.8) is 0 Å². The van der Waals surface area contributed by atoms with Crippen LogP contribution in [0.4, 0.5) is 5.69 Å². The number of carbonyl (C=O) groups is 2. The number of hydrogen-bond acceptors (Lipinski definition) is 6. The summed E-state index contributed by atoms with van der Waals surface area (Å²) in [6.45, 7) is 3.64. The Morgan fingerprint density at radius 3 is 2.48 bits per heavy atom. The van der Waals surface area contributed by atoms with E-state index in [0.717, 1.165) is 0 Å². The zero-order chi connectivity index (χ0) is 18.4. The first-order valence-corrected chi connectivity index (χ1v) is 7.23. The Labute approximate surface area is 143 Å². The van der Waals surface area contributed by atoms with Gasteiger partial charge in [0.05, 0.1) is 17.6 Å². The first kappa shape index (κ1) is 17.9. The molecule has 0 fully saturated rings. The predicted molar refractivity (Wildman–Crippen MR) is 90.3 cm³/mol. The van der Waals surface area contributed by atoms with Gasteiger partial charge >= 0.3 is 5.97 Å². The smallest absolute Gasteiger partial charge is 0.343 e. The minimum absolute atomic E-state index is 0.128. The van der Waals surface area contributed by atoms with E-state index in [1.807, 2.05) is 0 Å². The SMILES string of the molecule is C=CCc1cc(C=O)cc(OC)c1OC(=O)c1ccc([N+](=O)[O-])cc1. The van der Waals surface area contributed by atoms with E-state index in [1.54, 1.807) is 12.1 Å². The lowest BCUT2D eigenvalue weighted by atomic mass is 10.1. The molecule has 7 nitrogen and oxygen atoms in total. The minimum atomic E-state index is -0.697. The summed E-state index contributed by atoms with van der Waals surface area (Å²) in [7, 11) is 1.39. The second-order valence-electron chi connectivity index (χ2n) is 5.02. The van der Waals surface area contributed by atoms with Gasteiger partial charge in [-0.2, -0.15) is 0 Å². The molecule has 128 valence electrons. The van der Waals surface area contributed by atoms with Gasteiger partial charge in [-0.05, 0) is 30.7 Å². The summed E-state index contributed by atoms with van der Waals surface area (Å²) in [5.74, 6) is -0.287. The van der Waals surface area contributed by atoms with Crippen LogP contribution in [0, 0.1) is 10.1 Å². The van der Waals surface area contributed by atoms with Crippen molar-refractivity contribution in [3.05, 3.63) is 75.9 Å². The van der Waals surface area contributed by atoms with Crippen molar-refractivity contribution < 1.29 is 24.0 Å². The Bertz CT molecular complexity index is 826. The Kier molecular flexibility index (Phi) is 5.62. The summed E-state index contributed by atoms with van der Waals surface area (Å²) in [5, 5.41) is 10.7. The van der Waals surface area contributed by atoms with E-state index in [9.17, 15) is 19.7 Å². The number of methoxy groups -OCH3 is 1. The number of rotatable bonds is 7. The quantitative estimate of drug-likeness (QED) is 0.191. The third kappa shape index (κ3) is 4.08. The van der Waals surface area contributed by atoms with Gasteiger partial charge in [0.25, 0.3) is 5.69 Å². The number of non-ortho nitro benzene ring substituents is 1. The van der Waals surface area contributed by atoms with Gasteiger partial charge in [-0.3, -0.25) is 14.9 Å². The second kappa shape index (κ2) is 7.87. The maximum Gasteiger partial charge on any atom is 0.343 e. The van der Waals surface area contributed by atoms with E-state index in [4.69, 9.17) is 9.47 Å². The summed E-state index contributed by atoms with van der Waals surface area (Å²) in [6, 6.07) is 8.08. The van der Waals surface area contributed by atoms with E-state index in [1.165, 1.54) is 37.4 Å². The Balaban J connectivity index is 2.37. The highest BCUT2D eigenvalue weighted by Gasteiger charge is 2.18. The molecule has 0 unspecified atom stereocenters. The van der Waals surface area contributed by atoms with Crippen molar-refractivity contribution in [2.75, 3.05) is 7.11 Å². The van der Waals surface area contributed by atoms with Gasteiger partial charge in [0.15, 0.2) is 11.5 Å². The van der Waals surface area contributed by atoms with Crippen LogP contribution >= 0.6 is 0 Å². The lowest BCUT2D eigenvalue weighted by molar-refractivity contribution is -0.384. The molecule has 0 radical (unpaired) electrons. The van der Waals surface area contributed by atoms with Crippen LogP contribution in [0.2, 0.25) is 0 Å². The Hall–Kier alpha value is -3.48. The molecule has 0 aliphatic carbocycles. The first-order chi connectivity index (χ1) is 12.0. The number of nitro groups is 1. The lowest BCUT2D eigenvalue weighted by Crippen LogP contribution is -2.11. The highest BCUT2D eigenvalue weighted by molar-refractivity contribution is 5.92. The average molecular weight is 341 g/mol. The van der Waals surface area contributed by atoms with Gasteiger partial charge in [0, 0.05) is 23.3 Å². The number of benzene rings is 2. The molecule has 2 aromatic rings. The number of esters is 1. The van der Waals surface area contributed by atoms with Crippen molar-refractivity contribution in [1.82, 2.24) is 0 Å². The number of ether oxygens (including phenoxy) is 2. The highest BCUT2D eigenvalue weighted by atomic mass is 16.6. The summed E-state index contributed by atoms with van der Waals surface area (Å²) >= 11 is 0. The number of nitro benzene ring substituents is 1. The Morgan fingerprint density at radius 1 is 1.28 bits per heavy atom. The molecule has 0 aliphatic heterocycles. The molecule has 0 atom stereocenters. The molecule has 25 heavy (non-hydrogen) atoms. The third-order valence-electron chi connectivity index (χ3n) is 3.38. The normalized spacial score (nSPS) is 9.96. The van der Waals surface area contributed by atoms with Crippen molar-refractivity contribution in [2.24, 2.45) is 0 Å². The lowest BCUT2D eigenvalue weighted by Gasteiger charge is -2.14. The van der Waals surface area contributed by atoms with Crippen molar-refractivity contribution in [1.29, 1.82) is 0 Å². The first-order valence-electron chi connectivity index (χ1n) is 7.23. The molecule has 0 heterocycles. The van der Waals surface area contributed by atoms with Crippen LogP contribution in [0.1, 0.15) is 26.3 Å². The van der Waals surface area contributed by atoms with Crippen molar-refractivity contribution in [2.45, 2.75) is 6.42 Å². The molecule has 0 amide bonds.